The number of sulfonamides is 1. The van der Waals surface area contributed by atoms with Crippen LogP contribution >= 0.6 is 0 Å². The molecule has 7 heteroatoms. The summed E-state index contributed by atoms with van der Waals surface area (Å²) in [4.78, 5) is 12.6. The van der Waals surface area contributed by atoms with Crippen molar-refractivity contribution in [3.05, 3.63) is 28.8 Å². The Morgan fingerprint density at radius 2 is 1.85 bits per heavy atom. The molecule has 0 radical (unpaired) electrons. The average Bonchev–Trinajstić information content (AvgIpc) is 2.63. The van der Waals surface area contributed by atoms with Gasteiger partial charge in [0.15, 0.2) is 0 Å². The highest BCUT2D eigenvalue weighted by molar-refractivity contribution is 7.89. The Kier molecular flexibility index (Phi) is 7.82. The van der Waals surface area contributed by atoms with E-state index in [-0.39, 0.29) is 10.8 Å². The van der Waals surface area contributed by atoms with Gasteiger partial charge in [0, 0.05) is 32.8 Å². The van der Waals surface area contributed by atoms with Crippen molar-refractivity contribution in [2.24, 2.45) is 0 Å². The Labute approximate surface area is 163 Å². The van der Waals surface area contributed by atoms with Crippen molar-refractivity contribution in [3.8, 4) is 0 Å². The number of carbonyl (C=O) groups is 1. The van der Waals surface area contributed by atoms with Gasteiger partial charge >= 0.3 is 0 Å². The fourth-order valence-corrected chi connectivity index (χ4v) is 4.50. The summed E-state index contributed by atoms with van der Waals surface area (Å²) in [7, 11) is -0.616. The van der Waals surface area contributed by atoms with Gasteiger partial charge in [-0.05, 0) is 56.4 Å². The highest BCUT2D eigenvalue weighted by atomic mass is 32.2. The third-order valence-electron chi connectivity index (χ3n) is 5.15. The van der Waals surface area contributed by atoms with Crippen LogP contribution in [0.15, 0.2) is 17.0 Å². The van der Waals surface area contributed by atoms with Crippen LogP contribution in [0.1, 0.15) is 60.0 Å². The second-order valence-electron chi connectivity index (χ2n) is 7.44. The predicted molar refractivity (Wildman–Crippen MR) is 107 cm³/mol. The maximum atomic E-state index is 12.5. The van der Waals surface area contributed by atoms with Gasteiger partial charge in [-0.25, -0.2) is 12.7 Å². The van der Waals surface area contributed by atoms with E-state index in [4.69, 9.17) is 4.74 Å². The first-order valence-corrected chi connectivity index (χ1v) is 11.1. The topological polar surface area (TPSA) is 75.7 Å². The molecule has 27 heavy (non-hydrogen) atoms. The molecule has 0 aromatic heterocycles. The van der Waals surface area contributed by atoms with Crippen molar-refractivity contribution in [2.75, 3.05) is 27.2 Å². The highest BCUT2D eigenvalue weighted by Crippen LogP contribution is 2.23. The molecule has 0 heterocycles. The molecule has 1 aliphatic rings. The third-order valence-corrected chi connectivity index (χ3v) is 7.09. The van der Waals surface area contributed by atoms with Crippen LogP contribution in [0.3, 0.4) is 0 Å². The summed E-state index contributed by atoms with van der Waals surface area (Å²) in [6.45, 7) is 4.72. The molecule has 1 amide bonds. The molecule has 1 aliphatic carbocycles. The van der Waals surface area contributed by atoms with Gasteiger partial charge < -0.3 is 10.1 Å². The number of amides is 1. The minimum absolute atomic E-state index is 0.179. The van der Waals surface area contributed by atoms with Crippen molar-refractivity contribution < 1.29 is 17.9 Å². The number of nitrogens with zero attached hydrogens (tertiary/aromatic N) is 1. The van der Waals surface area contributed by atoms with Gasteiger partial charge in [0.2, 0.25) is 10.0 Å². The van der Waals surface area contributed by atoms with E-state index >= 15 is 0 Å². The van der Waals surface area contributed by atoms with Crippen LogP contribution in [0.5, 0.6) is 0 Å². The lowest BCUT2D eigenvalue weighted by atomic mass is 9.98. The van der Waals surface area contributed by atoms with Crippen molar-refractivity contribution in [3.63, 3.8) is 0 Å². The maximum absolute atomic E-state index is 12.5. The molecule has 1 aromatic carbocycles. The van der Waals surface area contributed by atoms with Crippen molar-refractivity contribution >= 4 is 15.9 Å². The Bertz CT molecular complexity index is 753. The lowest BCUT2D eigenvalue weighted by Crippen LogP contribution is -2.28. The summed E-state index contributed by atoms with van der Waals surface area (Å²) < 4.78 is 32.0. The number of hydrogen-bond donors (Lipinski definition) is 1. The predicted octanol–water partition coefficient (Wildman–Crippen LogP) is 3.02. The van der Waals surface area contributed by atoms with Crippen molar-refractivity contribution in [1.29, 1.82) is 0 Å². The summed E-state index contributed by atoms with van der Waals surface area (Å²) in [5, 5.41) is 2.86. The number of rotatable bonds is 8. The van der Waals surface area contributed by atoms with E-state index in [1.165, 1.54) is 43.7 Å². The zero-order valence-corrected chi connectivity index (χ0v) is 17.7. The number of carbonyl (C=O) groups excluding carboxylic acids is 1. The Balaban J connectivity index is 1.93. The van der Waals surface area contributed by atoms with Crippen LogP contribution in [-0.4, -0.2) is 52.0 Å². The largest absolute Gasteiger partial charge is 0.378 e. The van der Waals surface area contributed by atoms with Crippen LogP contribution in [0.2, 0.25) is 0 Å². The smallest absolute Gasteiger partial charge is 0.251 e. The lowest BCUT2D eigenvalue weighted by molar-refractivity contribution is 0.0273. The van der Waals surface area contributed by atoms with Gasteiger partial charge in [0.1, 0.15) is 0 Å². The quantitative estimate of drug-likeness (QED) is 0.686. The molecule has 0 spiro atoms. The lowest BCUT2D eigenvalue weighted by Gasteiger charge is -2.22. The zero-order valence-electron chi connectivity index (χ0n) is 16.9. The molecule has 0 bridgehead atoms. The number of aryl methyl sites for hydroxylation is 1. The molecule has 6 nitrogen and oxygen atoms in total. The van der Waals surface area contributed by atoms with E-state index in [1.54, 1.807) is 13.0 Å². The first-order chi connectivity index (χ1) is 12.7. The monoisotopic (exact) mass is 396 g/mol. The van der Waals surface area contributed by atoms with Gasteiger partial charge in [0.25, 0.3) is 5.91 Å². The van der Waals surface area contributed by atoms with Gasteiger partial charge in [-0.2, -0.15) is 0 Å². The molecular formula is C20H32N2O4S. The maximum Gasteiger partial charge on any atom is 0.251 e. The normalized spacial score (nSPS) is 15.9. The molecule has 0 aliphatic heterocycles. The Morgan fingerprint density at radius 3 is 2.48 bits per heavy atom. The van der Waals surface area contributed by atoms with E-state index in [1.807, 2.05) is 6.92 Å². The van der Waals surface area contributed by atoms with Crippen LogP contribution in [0, 0.1) is 13.8 Å². The number of benzene rings is 1. The zero-order chi connectivity index (χ0) is 20.0. The molecule has 0 atom stereocenters. The SMILES string of the molecule is Cc1cc(C(=O)NCCCOC2CCCCC2)cc(S(=O)(=O)N(C)C)c1C. The summed E-state index contributed by atoms with van der Waals surface area (Å²) in [6.07, 6.45) is 7.18. The highest BCUT2D eigenvalue weighted by Gasteiger charge is 2.23. The summed E-state index contributed by atoms with van der Waals surface area (Å²) in [6, 6.07) is 3.20. The fourth-order valence-electron chi connectivity index (χ4n) is 3.28. The van der Waals surface area contributed by atoms with E-state index in [9.17, 15) is 13.2 Å². The molecule has 152 valence electrons. The standard InChI is InChI=1S/C20H32N2O4S/c1-15-13-17(14-19(16(15)2)27(24,25)22(3)4)20(23)21-11-8-12-26-18-9-6-5-7-10-18/h13-14,18H,5-12H2,1-4H3,(H,21,23). The van der Waals surface area contributed by atoms with E-state index < -0.39 is 10.0 Å². The van der Waals surface area contributed by atoms with Gasteiger partial charge in [-0.3, -0.25) is 4.79 Å². The van der Waals surface area contributed by atoms with Gasteiger partial charge in [-0.1, -0.05) is 19.3 Å². The fraction of sp³-hybridized carbons (Fsp3) is 0.650. The number of nitrogens with one attached hydrogen (secondary N) is 1. The number of ether oxygens (including phenoxy) is 1. The molecule has 1 fully saturated rings. The summed E-state index contributed by atoms with van der Waals surface area (Å²) in [5.74, 6) is -0.258. The molecule has 1 saturated carbocycles. The van der Waals surface area contributed by atoms with Crippen LogP contribution in [0.4, 0.5) is 0 Å². The summed E-state index contributed by atoms with van der Waals surface area (Å²) in [5.41, 5.74) is 1.82. The molecule has 2 rings (SSSR count). The van der Waals surface area contributed by atoms with Crippen LogP contribution in [0.25, 0.3) is 0 Å². The first-order valence-electron chi connectivity index (χ1n) is 9.67. The Hall–Kier alpha value is -1.44. The van der Waals surface area contributed by atoms with E-state index in [0.29, 0.717) is 30.4 Å². The summed E-state index contributed by atoms with van der Waals surface area (Å²) >= 11 is 0. The van der Waals surface area contributed by atoms with E-state index in [2.05, 4.69) is 5.32 Å². The minimum Gasteiger partial charge on any atom is -0.378 e. The second-order valence-corrected chi connectivity index (χ2v) is 9.56. The van der Waals surface area contributed by atoms with Crippen molar-refractivity contribution in [2.45, 2.75) is 63.4 Å². The van der Waals surface area contributed by atoms with Gasteiger partial charge in [0.05, 0.1) is 11.0 Å². The van der Waals surface area contributed by atoms with Crippen LogP contribution < -0.4 is 5.32 Å². The molecular weight excluding hydrogens is 364 g/mol. The third kappa shape index (κ3) is 5.77. The average molecular weight is 397 g/mol. The number of hydrogen-bond acceptors (Lipinski definition) is 4. The first kappa shape index (κ1) is 21.9. The Morgan fingerprint density at radius 1 is 1.19 bits per heavy atom. The van der Waals surface area contributed by atoms with E-state index in [0.717, 1.165) is 24.8 Å². The molecule has 1 aromatic rings. The second kappa shape index (κ2) is 9.66. The van der Waals surface area contributed by atoms with Crippen molar-refractivity contribution in [1.82, 2.24) is 9.62 Å². The molecule has 1 N–H and O–H groups in total. The molecule has 0 saturated heterocycles. The molecule has 0 unspecified atom stereocenters. The van der Waals surface area contributed by atoms with Gasteiger partial charge in [-0.15, -0.1) is 0 Å². The minimum atomic E-state index is -3.59. The van der Waals surface area contributed by atoms with Crippen LogP contribution in [-0.2, 0) is 14.8 Å².